The van der Waals surface area contributed by atoms with Gasteiger partial charge in [-0.05, 0) is 79.6 Å². The van der Waals surface area contributed by atoms with Crippen molar-refractivity contribution in [2.24, 2.45) is 0 Å². The molecule has 48 heavy (non-hydrogen) atoms. The van der Waals surface area contributed by atoms with Gasteiger partial charge in [-0.1, -0.05) is 46.4 Å². The van der Waals surface area contributed by atoms with E-state index in [1.165, 1.54) is 22.7 Å². The molecule has 0 aromatic carbocycles. The first-order valence-corrected chi connectivity index (χ1v) is 19.0. The van der Waals surface area contributed by atoms with Gasteiger partial charge >= 0.3 is 11.9 Å². The Bertz CT molecular complexity index is 1280. The Morgan fingerprint density at radius 3 is 1.38 bits per heavy atom. The largest absolute Gasteiger partial charge is 0.456 e. The summed E-state index contributed by atoms with van der Waals surface area (Å²) >= 11 is 27.4. The number of carbonyl (C=O) groups excluding carboxylic acids is 2. The second-order valence-electron chi connectivity index (χ2n) is 13.4. The molecule has 2 aromatic heterocycles. The first-order chi connectivity index (χ1) is 22.5. The molecule has 0 aliphatic carbocycles. The van der Waals surface area contributed by atoms with Crippen molar-refractivity contribution in [2.45, 2.75) is 102 Å². The molecule has 0 radical (unpaired) electrons. The number of nitrogens with zero attached hydrogens (tertiary/aromatic N) is 4. The van der Waals surface area contributed by atoms with Crippen LogP contribution in [0.25, 0.3) is 0 Å². The Hall–Kier alpha value is -0.880. The van der Waals surface area contributed by atoms with E-state index in [4.69, 9.17) is 55.9 Å². The molecule has 4 heterocycles. The number of esters is 2. The average molecular weight is 791 g/mol. The summed E-state index contributed by atoms with van der Waals surface area (Å²) in [4.78, 5) is 40.3. The highest BCUT2D eigenvalue weighted by molar-refractivity contribution is 7.16. The quantitative estimate of drug-likeness (QED) is 0.190. The normalized spacial score (nSPS) is 18.3. The lowest BCUT2D eigenvalue weighted by atomic mass is 10.0. The fourth-order valence-electron chi connectivity index (χ4n) is 6.11. The van der Waals surface area contributed by atoms with E-state index < -0.39 is 35.3 Å². The first-order valence-electron chi connectivity index (χ1n) is 15.9. The molecule has 12 nitrogen and oxygen atoms in total. The smallest absolute Gasteiger partial charge is 0.338 e. The first kappa shape index (κ1) is 39.9. The van der Waals surface area contributed by atoms with Crippen molar-refractivity contribution in [3.8, 4) is 0 Å². The van der Waals surface area contributed by atoms with E-state index in [0.717, 1.165) is 61.6 Å². The van der Waals surface area contributed by atoms with Crippen LogP contribution in [0.5, 0.6) is 0 Å². The zero-order chi connectivity index (χ0) is 35.2. The van der Waals surface area contributed by atoms with Crippen molar-refractivity contribution < 1.29 is 29.3 Å². The molecule has 0 bridgehead atoms. The highest BCUT2D eigenvalue weighted by atomic mass is 35.5. The van der Waals surface area contributed by atoms with Crippen molar-refractivity contribution in [1.29, 1.82) is 0 Å². The van der Waals surface area contributed by atoms with Crippen LogP contribution in [0, 0.1) is 0 Å². The number of nitrogens with one attached hydrogen (secondary N) is 2. The Morgan fingerprint density at radius 1 is 0.750 bits per heavy atom. The zero-order valence-electron chi connectivity index (χ0n) is 27.4. The fraction of sp³-hybridized carbons (Fsp3) is 0.733. The van der Waals surface area contributed by atoms with Gasteiger partial charge in [0.15, 0.2) is 21.1 Å². The summed E-state index contributed by atoms with van der Waals surface area (Å²) in [6.07, 6.45) is -0.829. The molecule has 2 fully saturated rings. The van der Waals surface area contributed by atoms with Gasteiger partial charge in [-0.2, -0.15) is 0 Å². The molecule has 2 atom stereocenters. The van der Waals surface area contributed by atoms with Crippen molar-refractivity contribution >= 4 is 81.0 Å². The van der Waals surface area contributed by atoms with Gasteiger partial charge in [-0.15, -0.1) is 22.7 Å². The Kier molecular flexibility index (Phi) is 14.6. The van der Waals surface area contributed by atoms with Crippen LogP contribution in [-0.2, 0) is 32.2 Å². The molecule has 2 unspecified atom stereocenters. The van der Waals surface area contributed by atoms with Crippen LogP contribution in [0.1, 0.15) is 63.1 Å². The molecule has 2 aromatic rings. The minimum atomic E-state index is -2.16. The third-order valence-corrected chi connectivity index (χ3v) is 11.4. The van der Waals surface area contributed by atoms with Crippen LogP contribution >= 0.6 is 69.1 Å². The number of ether oxygens (including phenoxy) is 2. The van der Waals surface area contributed by atoms with Gasteiger partial charge in [0, 0.05) is 38.3 Å². The number of hydrogen-bond donors (Lipinski definition) is 4. The zero-order valence-corrected chi connectivity index (χ0v) is 32.1. The molecule has 0 amide bonds. The van der Waals surface area contributed by atoms with Gasteiger partial charge in [-0.3, -0.25) is 9.80 Å². The van der Waals surface area contributed by atoms with E-state index in [1.54, 1.807) is 27.7 Å². The fourth-order valence-corrected chi connectivity index (χ4v) is 8.95. The number of aromatic nitrogens is 2. The summed E-state index contributed by atoms with van der Waals surface area (Å²) in [6.45, 7) is 11.6. The maximum absolute atomic E-state index is 13.1. The lowest BCUT2D eigenvalue weighted by molar-refractivity contribution is -0.188. The van der Waals surface area contributed by atoms with Gasteiger partial charge in [0.2, 0.25) is 0 Å². The van der Waals surface area contributed by atoms with E-state index in [-0.39, 0.29) is 25.2 Å². The molecule has 2 aliphatic rings. The van der Waals surface area contributed by atoms with Crippen molar-refractivity contribution in [3.05, 3.63) is 29.0 Å². The van der Waals surface area contributed by atoms with Crippen LogP contribution in [0.3, 0.4) is 0 Å². The molecule has 0 spiro atoms. The minimum absolute atomic E-state index is 0.169. The van der Waals surface area contributed by atoms with E-state index in [1.807, 2.05) is 0 Å². The molecule has 4 rings (SSSR count). The molecule has 2 saturated heterocycles. The lowest BCUT2D eigenvalue weighted by Gasteiger charge is -2.40. The monoisotopic (exact) mass is 788 g/mol. The number of aliphatic hydroxyl groups excluding tert-OH is 2. The topological polar surface area (TPSA) is 149 Å². The number of piperidine rings is 2. The predicted octanol–water partition coefficient (Wildman–Crippen LogP) is 4.39. The van der Waals surface area contributed by atoms with Gasteiger partial charge in [0.25, 0.3) is 0 Å². The van der Waals surface area contributed by atoms with Crippen LogP contribution in [0.15, 0.2) is 0 Å². The number of rotatable bonds is 15. The molecular weight excluding hydrogens is 746 g/mol. The predicted molar refractivity (Wildman–Crippen MR) is 189 cm³/mol. The average Bonchev–Trinajstić information content (AvgIpc) is 3.52. The Morgan fingerprint density at radius 2 is 1.08 bits per heavy atom. The van der Waals surface area contributed by atoms with Crippen LogP contribution in [0.4, 0.5) is 0 Å². The summed E-state index contributed by atoms with van der Waals surface area (Å²) in [7, 11) is 0. The molecule has 18 heteroatoms. The molecule has 2 aliphatic heterocycles. The summed E-state index contributed by atoms with van der Waals surface area (Å²) in [6, 6.07) is 0.338. The molecular formula is C30H44Cl4N6O6S2. The van der Waals surface area contributed by atoms with Gasteiger partial charge in [-0.25, -0.2) is 19.6 Å². The maximum Gasteiger partial charge on any atom is 0.338 e. The maximum atomic E-state index is 13.1. The molecule has 4 N–H and O–H groups in total. The van der Waals surface area contributed by atoms with Crippen LogP contribution < -0.4 is 10.6 Å². The van der Waals surface area contributed by atoms with Gasteiger partial charge < -0.3 is 30.3 Å². The molecule has 270 valence electrons. The number of aliphatic hydroxyl groups is 2. The van der Waals surface area contributed by atoms with E-state index in [0.29, 0.717) is 32.3 Å². The number of hydrogen-bond acceptors (Lipinski definition) is 14. The number of halogens is 4. The third kappa shape index (κ3) is 11.6. The summed E-state index contributed by atoms with van der Waals surface area (Å²) < 4.78 is 12.1. The second-order valence-corrected chi connectivity index (χ2v) is 17.4. The summed E-state index contributed by atoms with van der Waals surface area (Å²) in [5, 5.41) is 28.9. The highest BCUT2D eigenvalue weighted by Gasteiger charge is 2.40. The second kappa shape index (κ2) is 17.6. The van der Waals surface area contributed by atoms with Crippen molar-refractivity contribution in [1.82, 2.24) is 30.4 Å². The van der Waals surface area contributed by atoms with Gasteiger partial charge in [0.05, 0.1) is 9.75 Å². The Balaban J connectivity index is 1.37. The minimum Gasteiger partial charge on any atom is -0.456 e. The Labute approximate surface area is 309 Å². The van der Waals surface area contributed by atoms with E-state index in [2.05, 4.69) is 30.4 Å². The van der Waals surface area contributed by atoms with E-state index >= 15 is 0 Å². The van der Waals surface area contributed by atoms with Crippen LogP contribution in [-0.4, -0.2) is 117 Å². The number of thiazole rings is 2. The van der Waals surface area contributed by atoms with Crippen LogP contribution in [0.2, 0.25) is 19.2 Å². The third-order valence-electron chi connectivity index (χ3n) is 8.29. The van der Waals surface area contributed by atoms with E-state index in [9.17, 15) is 19.8 Å². The standard InChI is InChI=1S/C30H44Cl4N6O6S2/c1-29(2,15-39(17-5-9-35-10-6-17)13-19-23(31)37-27(33)47-19)45-25(43)21(41)22(42)26(44)46-30(3,4)16-40(18-7-11-36-12-8-18)14-20-24(32)38-28(34)48-20/h17-18,21-22,35-36,41-42H,5-16H2,1-4H3. The summed E-state index contributed by atoms with van der Waals surface area (Å²) in [5.41, 5.74) is -2.22. The van der Waals surface area contributed by atoms with Gasteiger partial charge in [0.1, 0.15) is 21.5 Å². The number of carbonyl (C=O) groups is 2. The highest BCUT2D eigenvalue weighted by Crippen LogP contribution is 2.32. The summed E-state index contributed by atoms with van der Waals surface area (Å²) in [5.74, 6) is -2.28. The van der Waals surface area contributed by atoms with Crippen molar-refractivity contribution in [2.75, 3.05) is 39.3 Å². The van der Waals surface area contributed by atoms with Crippen molar-refractivity contribution in [3.63, 3.8) is 0 Å². The lowest BCUT2D eigenvalue weighted by Crippen LogP contribution is -2.52. The SMILES string of the molecule is CC(C)(CN(Cc1sc(Cl)nc1Cl)C1CCNCC1)OC(=O)C(O)C(O)C(=O)OC(C)(C)CN(Cc1sc(Cl)nc1Cl)C1CCNCC1. The molecule has 0 saturated carbocycles.